The summed E-state index contributed by atoms with van der Waals surface area (Å²) in [5.41, 5.74) is -0.138. The Balaban J connectivity index is 1.35. The molecule has 0 radical (unpaired) electrons. The van der Waals surface area contributed by atoms with Crippen molar-refractivity contribution in [1.29, 1.82) is 0 Å². The van der Waals surface area contributed by atoms with E-state index in [0.717, 1.165) is 31.0 Å². The number of nitrogens with zero attached hydrogens (tertiary/aromatic N) is 4. The third-order valence-electron chi connectivity index (χ3n) is 9.66. The van der Waals surface area contributed by atoms with Gasteiger partial charge in [0.25, 0.3) is 5.91 Å². The maximum Gasteiger partial charge on any atom is 0.416 e. The second-order valence-corrected chi connectivity index (χ2v) is 18.7. The average molecular weight is 886 g/mol. The number of aromatic nitrogens is 1. The van der Waals surface area contributed by atoms with Gasteiger partial charge in [-0.2, -0.15) is 13.2 Å². The molecule has 17 heteroatoms. The van der Waals surface area contributed by atoms with Crippen molar-refractivity contribution in [3.8, 4) is 5.75 Å². The van der Waals surface area contributed by atoms with E-state index in [1.165, 1.54) is 11.3 Å². The molecule has 3 amide bonds. The normalized spacial score (nSPS) is 18.6. The summed E-state index contributed by atoms with van der Waals surface area (Å²) in [7, 11) is 0. The third kappa shape index (κ3) is 10.5. The first-order valence-electron chi connectivity index (χ1n) is 19.0. The number of hydrogen-bond acceptors (Lipinski definition) is 8. The summed E-state index contributed by atoms with van der Waals surface area (Å²) in [6.45, 7) is 11.0. The lowest BCUT2D eigenvalue weighted by atomic mass is 9.84. The number of benzene rings is 2. The van der Waals surface area contributed by atoms with Gasteiger partial charge in [-0.25, -0.2) is 14.6 Å². The SMILES string of the molecule is CC(C)(C)OC(=O)N1CC2CC(c3nc(CCCOc4cc(C(F)(F)F)ccc4Cl)cs3)=C(C(=O)N(Cc3cccc(Cl)c3Cl)C3CC3)[C@@H](C1)N2C(=O)OC(C)(C)C. The van der Waals surface area contributed by atoms with Crippen LogP contribution in [-0.2, 0) is 33.4 Å². The van der Waals surface area contributed by atoms with Gasteiger partial charge in [0.05, 0.1) is 45.0 Å². The fourth-order valence-corrected chi connectivity index (χ4v) is 8.47. The van der Waals surface area contributed by atoms with Crippen molar-refractivity contribution in [2.24, 2.45) is 0 Å². The van der Waals surface area contributed by atoms with Crippen LogP contribution in [0, 0.1) is 0 Å². The molecule has 3 heterocycles. The number of amides is 3. The predicted molar refractivity (Wildman–Crippen MR) is 217 cm³/mol. The molecule has 2 aliphatic heterocycles. The number of aryl methyl sites for hydroxylation is 1. The summed E-state index contributed by atoms with van der Waals surface area (Å²) in [5, 5.41) is 3.22. The summed E-state index contributed by atoms with van der Waals surface area (Å²) in [6, 6.07) is 6.62. The van der Waals surface area contributed by atoms with Gasteiger partial charge in [-0.1, -0.05) is 46.9 Å². The first-order chi connectivity index (χ1) is 27.1. The van der Waals surface area contributed by atoms with Crippen molar-refractivity contribution in [1.82, 2.24) is 19.7 Å². The number of fused-ring (bicyclic) bond motifs is 2. The molecule has 1 saturated heterocycles. The predicted octanol–water partition coefficient (Wildman–Crippen LogP) is 10.7. The van der Waals surface area contributed by atoms with Crippen LogP contribution in [0.3, 0.4) is 0 Å². The minimum atomic E-state index is -4.54. The highest BCUT2D eigenvalue weighted by Gasteiger charge is 2.51. The molecule has 1 unspecified atom stereocenters. The maximum absolute atomic E-state index is 15.2. The van der Waals surface area contributed by atoms with Crippen molar-refractivity contribution >= 4 is 69.8 Å². The minimum absolute atomic E-state index is 0.0284. The van der Waals surface area contributed by atoms with Crippen molar-refractivity contribution in [3.63, 3.8) is 0 Å². The standard InChI is InChI=1S/C41H46Cl3F3N4O6S/c1-39(2,3)56-37(53)49-20-27-18-28(35-48-25(22-58-35)10-8-16-55-32-17-24(41(45,46)47)12-15-29(32)42)33(31(21-49)51(27)38(54)57-40(4,5)6)36(52)50(26-13-14-26)19-23-9-7-11-30(43)34(23)44/h7,9,11-12,15,17,22,26-27,31H,8,10,13-14,16,18-21H2,1-6H3/t27?,31-/m1/s1. The minimum Gasteiger partial charge on any atom is -0.492 e. The van der Waals surface area contributed by atoms with E-state index in [-0.39, 0.29) is 55.4 Å². The Labute approximate surface area is 355 Å². The first-order valence-corrected chi connectivity index (χ1v) is 21.0. The molecule has 1 aromatic heterocycles. The largest absolute Gasteiger partial charge is 0.492 e. The third-order valence-corrected chi connectivity index (χ3v) is 11.8. The Bertz CT molecular complexity index is 2080. The van der Waals surface area contributed by atoms with Gasteiger partial charge in [0, 0.05) is 42.2 Å². The zero-order valence-electron chi connectivity index (χ0n) is 33.1. The lowest BCUT2D eigenvalue weighted by Crippen LogP contribution is -2.66. The summed E-state index contributed by atoms with van der Waals surface area (Å²) < 4.78 is 57.2. The Kier molecular flexibility index (Phi) is 12.9. The van der Waals surface area contributed by atoms with E-state index in [4.69, 9.17) is 54.0 Å². The van der Waals surface area contributed by atoms with Crippen molar-refractivity contribution in [3.05, 3.63) is 84.2 Å². The summed E-state index contributed by atoms with van der Waals surface area (Å²) in [6.07, 6.45) is -3.13. The number of ether oxygens (including phenoxy) is 3. The molecular formula is C41H46Cl3F3N4O6S. The number of rotatable bonds is 10. The maximum atomic E-state index is 15.2. The van der Waals surface area contributed by atoms with Crippen molar-refractivity contribution in [2.45, 2.75) is 116 Å². The van der Waals surface area contributed by atoms with Crippen LogP contribution >= 0.6 is 46.1 Å². The van der Waals surface area contributed by atoms with Gasteiger partial charge in [0.1, 0.15) is 22.0 Å². The number of alkyl halides is 3. The molecule has 2 bridgehead atoms. The van der Waals surface area contributed by atoms with Crippen LogP contribution in [0.4, 0.5) is 22.8 Å². The van der Waals surface area contributed by atoms with Crippen LogP contribution in [0.1, 0.15) is 89.1 Å². The Morgan fingerprint density at radius 3 is 2.28 bits per heavy atom. The molecule has 314 valence electrons. The van der Waals surface area contributed by atoms with E-state index in [9.17, 15) is 22.8 Å². The summed E-state index contributed by atoms with van der Waals surface area (Å²) in [4.78, 5) is 52.8. The molecule has 0 N–H and O–H groups in total. The first kappa shape index (κ1) is 43.8. The molecule has 2 atom stereocenters. The van der Waals surface area contributed by atoms with Crippen LogP contribution in [0.2, 0.25) is 15.1 Å². The molecule has 2 aromatic carbocycles. The molecule has 2 fully saturated rings. The highest BCUT2D eigenvalue weighted by Crippen LogP contribution is 2.43. The van der Waals surface area contributed by atoms with E-state index in [1.54, 1.807) is 68.4 Å². The molecule has 0 spiro atoms. The van der Waals surface area contributed by atoms with Gasteiger partial charge in [-0.05, 0) is 103 Å². The van der Waals surface area contributed by atoms with Crippen molar-refractivity contribution in [2.75, 3.05) is 19.7 Å². The van der Waals surface area contributed by atoms with E-state index in [1.807, 2.05) is 11.4 Å². The molecule has 58 heavy (non-hydrogen) atoms. The molecule has 1 saturated carbocycles. The summed E-state index contributed by atoms with van der Waals surface area (Å²) in [5.74, 6) is -0.383. The quantitative estimate of drug-likeness (QED) is 0.187. The molecule has 6 rings (SSSR count). The van der Waals surface area contributed by atoms with Gasteiger partial charge in [-0.15, -0.1) is 11.3 Å². The van der Waals surface area contributed by atoms with Crippen LogP contribution in [0.15, 0.2) is 47.4 Å². The van der Waals surface area contributed by atoms with Crippen LogP contribution in [0.5, 0.6) is 5.75 Å². The number of carbonyl (C=O) groups excluding carboxylic acids is 3. The van der Waals surface area contributed by atoms with E-state index in [2.05, 4.69) is 0 Å². The number of carbonyl (C=O) groups is 3. The van der Waals surface area contributed by atoms with Gasteiger partial charge in [-0.3, -0.25) is 9.69 Å². The van der Waals surface area contributed by atoms with E-state index in [0.29, 0.717) is 50.3 Å². The van der Waals surface area contributed by atoms with E-state index >= 15 is 4.79 Å². The second kappa shape index (κ2) is 17.1. The Morgan fingerprint density at radius 2 is 1.62 bits per heavy atom. The fraction of sp³-hybridized carbons (Fsp3) is 0.512. The van der Waals surface area contributed by atoms with Gasteiger partial charge in [0.2, 0.25) is 0 Å². The molecule has 3 aromatic rings. The van der Waals surface area contributed by atoms with Gasteiger partial charge >= 0.3 is 18.4 Å². The fourth-order valence-electron chi connectivity index (χ4n) is 7.00. The summed E-state index contributed by atoms with van der Waals surface area (Å²) >= 11 is 20.5. The monoisotopic (exact) mass is 884 g/mol. The van der Waals surface area contributed by atoms with Crippen LogP contribution in [-0.4, -0.2) is 86.8 Å². The molecule has 1 aliphatic carbocycles. The smallest absolute Gasteiger partial charge is 0.416 e. The topological polar surface area (TPSA) is 102 Å². The highest BCUT2D eigenvalue weighted by atomic mass is 35.5. The Morgan fingerprint density at radius 1 is 0.931 bits per heavy atom. The lowest BCUT2D eigenvalue weighted by molar-refractivity contribution is -0.137. The Hall–Kier alpha value is -3.72. The van der Waals surface area contributed by atoms with Crippen LogP contribution in [0.25, 0.3) is 5.57 Å². The number of thiazole rings is 1. The molecule has 10 nitrogen and oxygen atoms in total. The van der Waals surface area contributed by atoms with Gasteiger partial charge < -0.3 is 24.0 Å². The second-order valence-electron chi connectivity index (χ2n) is 16.7. The zero-order chi connectivity index (χ0) is 42.3. The molecule has 3 aliphatic rings. The van der Waals surface area contributed by atoms with E-state index < -0.39 is 47.2 Å². The zero-order valence-corrected chi connectivity index (χ0v) is 36.1. The number of piperazine rings is 1. The van der Waals surface area contributed by atoms with Crippen molar-refractivity contribution < 1.29 is 41.8 Å². The van der Waals surface area contributed by atoms with Crippen LogP contribution < -0.4 is 4.74 Å². The average Bonchev–Trinajstić information content (AvgIpc) is 3.84. The lowest BCUT2D eigenvalue weighted by Gasteiger charge is -2.50. The number of halogens is 6. The van der Waals surface area contributed by atoms with Gasteiger partial charge in [0.15, 0.2) is 0 Å². The highest BCUT2D eigenvalue weighted by molar-refractivity contribution is 7.10. The number of hydrogen-bond donors (Lipinski definition) is 0. The molecular weight excluding hydrogens is 840 g/mol.